The Morgan fingerprint density at radius 2 is 2.23 bits per heavy atom. The Kier molecular flexibility index (Phi) is 4.22. The van der Waals surface area contributed by atoms with Crippen LogP contribution in [0.15, 0.2) is 0 Å². The lowest BCUT2D eigenvalue weighted by molar-refractivity contribution is -0.121. The molecule has 2 unspecified atom stereocenters. The standard InChI is InChI=1S/C10H20N2O/c1-8-6-9(8)7-12-10(13)4-2-3-5-11/h8-9H,2-7,11H2,1H3,(H,12,13). The number of unbranched alkanes of at least 4 members (excludes halogenated alkanes) is 1. The van der Waals surface area contributed by atoms with E-state index in [1.165, 1.54) is 6.42 Å². The van der Waals surface area contributed by atoms with Gasteiger partial charge in [0.05, 0.1) is 0 Å². The Morgan fingerprint density at radius 3 is 2.77 bits per heavy atom. The van der Waals surface area contributed by atoms with Crippen LogP contribution >= 0.6 is 0 Å². The molecule has 1 saturated carbocycles. The molecule has 0 saturated heterocycles. The van der Waals surface area contributed by atoms with Crippen LogP contribution in [0.5, 0.6) is 0 Å². The van der Waals surface area contributed by atoms with Gasteiger partial charge in [-0.05, 0) is 37.6 Å². The molecule has 0 bridgehead atoms. The van der Waals surface area contributed by atoms with Crippen molar-refractivity contribution in [3.8, 4) is 0 Å². The van der Waals surface area contributed by atoms with Crippen LogP contribution in [0.3, 0.4) is 0 Å². The lowest BCUT2D eigenvalue weighted by atomic mass is 10.2. The molecule has 1 aliphatic rings. The molecular weight excluding hydrogens is 164 g/mol. The molecule has 0 aromatic carbocycles. The van der Waals surface area contributed by atoms with Crippen LogP contribution in [0.2, 0.25) is 0 Å². The van der Waals surface area contributed by atoms with Crippen molar-refractivity contribution in [2.24, 2.45) is 17.6 Å². The molecule has 3 heteroatoms. The van der Waals surface area contributed by atoms with Crippen LogP contribution in [0, 0.1) is 11.8 Å². The number of nitrogens with one attached hydrogen (secondary N) is 1. The first kappa shape index (κ1) is 10.5. The van der Waals surface area contributed by atoms with Crippen molar-refractivity contribution in [1.29, 1.82) is 0 Å². The summed E-state index contributed by atoms with van der Waals surface area (Å²) in [4.78, 5) is 11.2. The number of carbonyl (C=O) groups is 1. The van der Waals surface area contributed by atoms with Crippen molar-refractivity contribution < 1.29 is 4.79 Å². The lowest BCUT2D eigenvalue weighted by Crippen LogP contribution is -2.25. The first-order valence-electron chi connectivity index (χ1n) is 5.20. The van der Waals surface area contributed by atoms with Crippen molar-refractivity contribution in [1.82, 2.24) is 5.32 Å². The number of nitrogens with two attached hydrogens (primary N) is 1. The van der Waals surface area contributed by atoms with Gasteiger partial charge < -0.3 is 11.1 Å². The molecule has 0 radical (unpaired) electrons. The first-order chi connectivity index (χ1) is 6.24. The summed E-state index contributed by atoms with van der Waals surface area (Å²) in [5.41, 5.74) is 5.33. The highest BCUT2D eigenvalue weighted by Crippen LogP contribution is 2.36. The molecule has 0 aliphatic heterocycles. The van der Waals surface area contributed by atoms with Crippen LogP contribution in [-0.4, -0.2) is 19.0 Å². The molecule has 1 amide bonds. The van der Waals surface area contributed by atoms with E-state index in [4.69, 9.17) is 5.73 Å². The van der Waals surface area contributed by atoms with E-state index >= 15 is 0 Å². The van der Waals surface area contributed by atoms with Gasteiger partial charge in [-0.3, -0.25) is 4.79 Å². The fraction of sp³-hybridized carbons (Fsp3) is 0.900. The Bertz CT molecular complexity index is 170. The van der Waals surface area contributed by atoms with Gasteiger partial charge in [0, 0.05) is 13.0 Å². The average molecular weight is 184 g/mol. The predicted molar refractivity (Wildman–Crippen MR) is 53.2 cm³/mol. The molecule has 76 valence electrons. The van der Waals surface area contributed by atoms with E-state index in [1.807, 2.05) is 0 Å². The summed E-state index contributed by atoms with van der Waals surface area (Å²) in [6.07, 6.45) is 3.79. The zero-order valence-electron chi connectivity index (χ0n) is 8.38. The van der Waals surface area contributed by atoms with E-state index in [0.717, 1.165) is 31.2 Å². The van der Waals surface area contributed by atoms with Gasteiger partial charge in [-0.1, -0.05) is 6.92 Å². The SMILES string of the molecule is CC1CC1CNC(=O)CCCCN. The number of carbonyl (C=O) groups excluding carboxylic acids is 1. The Hall–Kier alpha value is -0.570. The highest BCUT2D eigenvalue weighted by Gasteiger charge is 2.32. The topological polar surface area (TPSA) is 55.1 Å². The van der Waals surface area contributed by atoms with Gasteiger partial charge in [0.2, 0.25) is 5.91 Å². The van der Waals surface area contributed by atoms with E-state index in [9.17, 15) is 4.79 Å². The molecule has 0 spiro atoms. The lowest BCUT2D eigenvalue weighted by Gasteiger charge is -2.03. The molecule has 0 aromatic heterocycles. The number of amides is 1. The third-order valence-electron chi connectivity index (χ3n) is 2.70. The first-order valence-corrected chi connectivity index (χ1v) is 5.20. The monoisotopic (exact) mass is 184 g/mol. The van der Waals surface area contributed by atoms with Crippen molar-refractivity contribution in [2.75, 3.05) is 13.1 Å². The molecule has 13 heavy (non-hydrogen) atoms. The van der Waals surface area contributed by atoms with Gasteiger partial charge in [0.15, 0.2) is 0 Å². The zero-order chi connectivity index (χ0) is 9.68. The molecule has 3 N–H and O–H groups in total. The Labute approximate surface area is 80.1 Å². The summed E-state index contributed by atoms with van der Waals surface area (Å²) >= 11 is 0. The van der Waals surface area contributed by atoms with E-state index in [0.29, 0.717) is 13.0 Å². The third kappa shape index (κ3) is 4.27. The fourth-order valence-corrected chi connectivity index (χ4v) is 1.45. The molecule has 1 aliphatic carbocycles. The van der Waals surface area contributed by atoms with E-state index in [2.05, 4.69) is 12.2 Å². The van der Waals surface area contributed by atoms with E-state index < -0.39 is 0 Å². The maximum atomic E-state index is 11.2. The highest BCUT2D eigenvalue weighted by molar-refractivity contribution is 5.75. The highest BCUT2D eigenvalue weighted by atomic mass is 16.1. The van der Waals surface area contributed by atoms with Gasteiger partial charge in [0.1, 0.15) is 0 Å². The van der Waals surface area contributed by atoms with Gasteiger partial charge >= 0.3 is 0 Å². The van der Waals surface area contributed by atoms with Crippen molar-refractivity contribution in [3.63, 3.8) is 0 Å². The normalized spacial score (nSPS) is 25.7. The number of hydrogen-bond acceptors (Lipinski definition) is 2. The Balaban J connectivity index is 1.92. The zero-order valence-corrected chi connectivity index (χ0v) is 8.38. The molecule has 1 fully saturated rings. The summed E-state index contributed by atoms with van der Waals surface area (Å²) in [7, 11) is 0. The average Bonchev–Trinajstić information content (AvgIpc) is 2.79. The fourth-order valence-electron chi connectivity index (χ4n) is 1.45. The number of rotatable bonds is 6. The van der Waals surface area contributed by atoms with E-state index in [1.54, 1.807) is 0 Å². The number of hydrogen-bond donors (Lipinski definition) is 2. The minimum atomic E-state index is 0.188. The van der Waals surface area contributed by atoms with Gasteiger partial charge in [-0.15, -0.1) is 0 Å². The molecule has 0 aromatic rings. The van der Waals surface area contributed by atoms with E-state index in [-0.39, 0.29) is 5.91 Å². The molecule has 3 nitrogen and oxygen atoms in total. The molecular formula is C10H20N2O. The van der Waals surface area contributed by atoms with Crippen molar-refractivity contribution in [2.45, 2.75) is 32.6 Å². The third-order valence-corrected chi connectivity index (χ3v) is 2.70. The second-order valence-electron chi connectivity index (χ2n) is 4.02. The summed E-state index contributed by atoms with van der Waals surface area (Å²) in [6, 6.07) is 0. The van der Waals surface area contributed by atoms with Crippen LogP contribution < -0.4 is 11.1 Å². The quantitative estimate of drug-likeness (QED) is 0.602. The maximum Gasteiger partial charge on any atom is 0.220 e. The second kappa shape index (κ2) is 5.22. The van der Waals surface area contributed by atoms with Gasteiger partial charge in [0.25, 0.3) is 0 Å². The van der Waals surface area contributed by atoms with Crippen molar-refractivity contribution >= 4 is 5.91 Å². The van der Waals surface area contributed by atoms with Crippen molar-refractivity contribution in [3.05, 3.63) is 0 Å². The smallest absolute Gasteiger partial charge is 0.220 e. The van der Waals surface area contributed by atoms with Gasteiger partial charge in [-0.2, -0.15) is 0 Å². The molecule has 2 atom stereocenters. The summed E-state index contributed by atoms with van der Waals surface area (Å²) < 4.78 is 0. The molecule has 0 heterocycles. The minimum Gasteiger partial charge on any atom is -0.356 e. The largest absolute Gasteiger partial charge is 0.356 e. The summed E-state index contributed by atoms with van der Waals surface area (Å²) in [6.45, 7) is 3.79. The van der Waals surface area contributed by atoms with Crippen LogP contribution in [0.1, 0.15) is 32.6 Å². The summed E-state index contributed by atoms with van der Waals surface area (Å²) in [5.74, 6) is 1.76. The van der Waals surface area contributed by atoms with Crippen LogP contribution in [0.25, 0.3) is 0 Å². The van der Waals surface area contributed by atoms with Gasteiger partial charge in [-0.25, -0.2) is 0 Å². The maximum absolute atomic E-state index is 11.2. The van der Waals surface area contributed by atoms with Crippen LogP contribution in [0.4, 0.5) is 0 Å². The molecule has 1 rings (SSSR count). The predicted octanol–water partition coefficient (Wildman–Crippen LogP) is 0.888. The van der Waals surface area contributed by atoms with Crippen LogP contribution in [-0.2, 0) is 4.79 Å². The summed E-state index contributed by atoms with van der Waals surface area (Å²) in [5, 5.41) is 2.95. The Morgan fingerprint density at radius 1 is 1.54 bits per heavy atom. The second-order valence-corrected chi connectivity index (χ2v) is 4.02. The minimum absolute atomic E-state index is 0.188.